The van der Waals surface area contributed by atoms with E-state index in [0.717, 1.165) is 27.1 Å². The summed E-state index contributed by atoms with van der Waals surface area (Å²) in [5.41, 5.74) is 2.00. The summed E-state index contributed by atoms with van der Waals surface area (Å²) in [6, 6.07) is 15.7. The molecule has 1 heterocycles. The minimum absolute atomic E-state index is 0. The number of hydrogen-bond donors (Lipinski definition) is 1. The SMILES string of the molecule is CC(C)c1nc2ccccc2n1CC(O)COc1ccccc1Br.Cl. The Hall–Kier alpha value is -1.56. The highest BCUT2D eigenvalue weighted by atomic mass is 79.9. The zero-order valence-corrected chi connectivity index (χ0v) is 16.6. The van der Waals surface area contributed by atoms with E-state index in [0.29, 0.717) is 6.54 Å². The van der Waals surface area contributed by atoms with Gasteiger partial charge in [0, 0.05) is 5.92 Å². The molecule has 3 aromatic rings. The molecule has 2 aromatic carbocycles. The summed E-state index contributed by atoms with van der Waals surface area (Å²) < 4.78 is 8.70. The number of rotatable bonds is 6. The first-order valence-corrected chi connectivity index (χ1v) is 8.86. The summed E-state index contributed by atoms with van der Waals surface area (Å²) in [5, 5.41) is 10.4. The van der Waals surface area contributed by atoms with Crippen molar-refractivity contribution in [3.63, 3.8) is 0 Å². The molecule has 0 aliphatic heterocycles. The molecule has 0 amide bonds. The van der Waals surface area contributed by atoms with Gasteiger partial charge in [-0.15, -0.1) is 12.4 Å². The molecule has 4 nitrogen and oxygen atoms in total. The smallest absolute Gasteiger partial charge is 0.133 e. The van der Waals surface area contributed by atoms with Crippen LogP contribution in [0.3, 0.4) is 0 Å². The normalized spacial score (nSPS) is 12.2. The standard InChI is InChI=1S/C19H21BrN2O2.ClH/c1-13(2)19-21-16-8-4-5-9-17(16)22(19)11-14(23)12-24-18-10-6-3-7-15(18)20;/h3-10,13-14,23H,11-12H2,1-2H3;1H. The molecule has 0 fully saturated rings. The molecule has 0 radical (unpaired) electrons. The summed E-state index contributed by atoms with van der Waals surface area (Å²) >= 11 is 3.45. The molecule has 134 valence electrons. The van der Waals surface area contributed by atoms with Crippen molar-refractivity contribution >= 4 is 39.4 Å². The Labute approximate surface area is 162 Å². The van der Waals surface area contributed by atoms with Crippen LogP contribution in [0.1, 0.15) is 25.6 Å². The quantitative estimate of drug-likeness (QED) is 0.618. The number of benzene rings is 2. The number of nitrogens with zero attached hydrogens (tertiary/aromatic N) is 2. The predicted molar refractivity (Wildman–Crippen MR) is 107 cm³/mol. The summed E-state index contributed by atoms with van der Waals surface area (Å²) in [4.78, 5) is 4.70. The monoisotopic (exact) mass is 424 g/mol. The minimum atomic E-state index is -0.618. The molecular formula is C19H22BrClN2O2. The van der Waals surface area contributed by atoms with Crippen LogP contribution in [0.2, 0.25) is 0 Å². The first kappa shape index (κ1) is 19.8. The Bertz CT molecular complexity index is 835. The average molecular weight is 426 g/mol. The Morgan fingerprint density at radius 1 is 1.12 bits per heavy atom. The molecule has 3 rings (SSSR count). The van der Waals surface area contributed by atoms with E-state index in [4.69, 9.17) is 9.72 Å². The van der Waals surface area contributed by atoms with Crippen LogP contribution < -0.4 is 4.74 Å². The van der Waals surface area contributed by atoms with Gasteiger partial charge in [0.1, 0.15) is 24.3 Å². The maximum Gasteiger partial charge on any atom is 0.133 e. The molecule has 25 heavy (non-hydrogen) atoms. The first-order valence-electron chi connectivity index (χ1n) is 8.07. The molecule has 0 saturated heterocycles. The second kappa shape index (κ2) is 8.70. The van der Waals surface area contributed by atoms with Crippen molar-refractivity contribution in [3.05, 3.63) is 58.8 Å². The molecule has 0 aliphatic rings. The van der Waals surface area contributed by atoms with Crippen molar-refractivity contribution in [1.29, 1.82) is 0 Å². The number of aliphatic hydroxyl groups excluding tert-OH is 1. The second-order valence-corrected chi connectivity index (χ2v) is 6.97. The van der Waals surface area contributed by atoms with Crippen LogP contribution in [0.4, 0.5) is 0 Å². The molecule has 1 unspecified atom stereocenters. The topological polar surface area (TPSA) is 47.3 Å². The fourth-order valence-corrected chi connectivity index (χ4v) is 3.14. The van der Waals surface area contributed by atoms with Gasteiger partial charge in [-0.3, -0.25) is 0 Å². The van der Waals surface area contributed by atoms with Gasteiger partial charge >= 0.3 is 0 Å². The van der Waals surface area contributed by atoms with E-state index < -0.39 is 6.10 Å². The average Bonchev–Trinajstić information content (AvgIpc) is 2.93. The van der Waals surface area contributed by atoms with Crippen molar-refractivity contribution in [2.75, 3.05) is 6.61 Å². The van der Waals surface area contributed by atoms with E-state index in [1.54, 1.807) is 0 Å². The third kappa shape index (κ3) is 4.54. The number of para-hydroxylation sites is 3. The highest BCUT2D eigenvalue weighted by molar-refractivity contribution is 9.10. The van der Waals surface area contributed by atoms with Gasteiger partial charge in [-0.1, -0.05) is 38.1 Å². The highest BCUT2D eigenvalue weighted by Crippen LogP contribution is 2.25. The fraction of sp³-hybridized carbons (Fsp3) is 0.316. The van der Waals surface area contributed by atoms with Crippen LogP contribution in [0.5, 0.6) is 5.75 Å². The number of ether oxygens (including phenoxy) is 1. The zero-order chi connectivity index (χ0) is 17.1. The molecule has 1 N–H and O–H groups in total. The van der Waals surface area contributed by atoms with Gasteiger partial charge < -0.3 is 14.4 Å². The highest BCUT2D eigenvalue weighted by Gasteiger charge is 2.17. The number of imidazole rings is 1. The number of hydrogen-bond acceptors (Lipinski definition) is 3. The number of halogens is 2. The van der Waals surface area contributed by atoms with Crippen LogP contribution in [0.15, 0.2) is 53.0 Å². The summed E-state index contributed by atoms with van der Waals surface area (Å²) in [5.74, 6) is 2.00. The molecular weight excluding hydrogens is 404 g/mol. The van der Waals surface area contributed by atoms with Gasteiger partial charge in [-0.05, 0) is 40.2 Å². The van der Waals surface area contributed by atoms with Crippen molar-refractivity contribution in [3.8, 4) is 5.75 Å². The molecule has 0 spiro atoms. The molecule has 0 aliphatic carbocycles. The molecule has 1 atom stereocenters. The molecule has 0 bridgehead atoms. The Morgan fingerprint density at radius 2 is 1.80 bits per heavy atom. The summed E-state index contributed by atoms with van der Waals surface area (Å²) in [7, 11) is 0. The Kier molecular flexibility index (Phi) is 6.87. The number of fused-ring (bicyclic) bond motifs is 1. The van der Waals surface area contributed by atoms with Crippen LogP contribution in [-0.2, 0) is 6.54 Å². The van der Waals surface area contributed by atoms with Crippen LogP contribution in [0.25, 0.3) is 11.0 Å². The van der Waals surface area contributed by atoms with Gasteiger partial charge in [0.2, 0.25) is 0 Å². The van der Waals surface area contributed by atoms with Crippen LogP contribution in [0, 0.1) is 0 Å². The molecule has 1 aromatic heterocycles. The lowest BCUT2D eigenvalue weighted by Gasteiger charge is -2.17. The maximum absolute atomic E-state index is 10.4. The van der Waals surface area contributed by atoms with E-state index in [1.165, 1.54) is 0 Å². The van der Waals surface area contributed by atoms with E-state index in [-0.39, 0.29) is 24.9 Å². The summed E-state index contributed by atoms with van der Waals surface area (Å²) in [6.07, 6.45) is -0.618. The van der Waals surface area contributed by atoms with Crippen molar-refractivity contribution in [1.82, 2.24) is 9.55 Å². The van der Waals surface area contributed by atoms with E-state index in [1.807, 2.05) is 48.5 Å². The summed E-state index contributed by atoms with van der Waals surface area (Å²) in [6.45, 7) is 4.91. The van der Waals surface area contributed by atoms with Crippen LogP contribution >= 0.6 is 28.3 Å². The Morgan fingerprint density at radius 3 is 2.52 bits per heavy atom. The van der Waals surface area contributed by atoms with Crippen molar-refractivity contribution < 1.29 is 9.84 Å². The maximum atomic E-state index is 10.4. The third-order valence-corrected chi connectivity index (χ3v) is 4.52. The predicted octanol–water partition coefficient (Wildman–Crippen LogP) is 4.78. The lowest BCUT2D eigenvalue weighted by atomic mass is 10.2. The molecule has 0 saturated carbocycles. The van der Waals surface area contributed by atoms with Gasteiger partial charge in [-0.25, -0.2) is 4.98 Å². The van der Waals surface area contributed by atoms with Gasteiger partial charge in [0.15, 0.2) is 0 Å². The second-order valence-electron chi connectivity index (χ2n) is 6.12. The van der Waals surface area contributed by atoms with Crippen molar-refractivity contribution in [2.45, 2.75) is 32.4 Å². The number of aromatic nitrogens is 2. The van der Waals surface area contributed by atoms with Gasteiger partial charge in [0.25, 0.3) is 0 Å². The number of aliphatic hydroxyl groups is 1. The largest absolute Gasteiger partial charge is 0.490 e. The van der Waals surface area contributed by atoms with Crippen LogP contribution in [-0.4, -0.2) is 27.4 Å². The molecule has 6 heteroatoms. The lowest BCUT2D eigenvalue weighted by molar-refractivity contribution is 0.0922. The third-order valence-electron chi connectivity index (χ3n) is 3.86. The van der Waals surface area contributed by atoms with E-state index in [9.17, 15) is 5.11 Å². The lowest BCUT2D eigenvalue weighted by Crippen LogP contribution is -2.25. The minimum Gasteiger partial charge on any atom is -0.490 e. The fourth-order valence-electron chi connectivity index (χ4n) is 2.74. The van der Waals surface area contributed by atoms with Gasteiger partial charge in [-0.2, -0.15) is 0 Å². The first-order chi connectivity index (χ1) is 11.6. The van der Waals surface area contributed by atoms with Gasteiger partial charge in [0.05, 0.1) is 22.1 Å². The van der Waals surface area contributed by atoms with Crippen molar-refractivity contribution in [2.24, 2.45) is 0 Å². The zero-order valence-electron chi connectivity index (χ0n) is 14.2. The van der Waals surface area contributed by atoms with E-state index >= 15 is 0 Å². The Balaban J connectivity index is 0.00000225. The van der Waals surface area contributed by atoms with E-state index in [2.05, 4.69) is 34.3 Å².